The minimum absolute atomic E-state index is 0.134. The number of hydrogen-bond donors (Lipinski definition) is 1. The number of hydrogen-bond acceptors (Lipinski definition) is 2. The average molecular weight is 344 g/mol. The van der Waals surface area contributed by atoms with E-state index in [1.165, 1.54) is 36.4 Å². The maximum absolute atomic E-state index is 13.7. The number of para-hydroxylation sites is 1. The topological polar surface area (TPSA) is 49.4 Å². The summed E-state index contributed by atoms with van der Waals surface area (Å²) in [7, 11) is 0. The number of carbonyl (C=O) groups excluding carboxylic acids is 2. The fourth-order valence-electron chi connectivity index (χ4n) is 2.95. The van der Waals surface area contributed by atoms with Crippen LogP contribution >= 0.6 is 0 Å². The van der Waals surface area contributed by atoms with Crippen molar-refractivity contribution in [3.8, 4) is 0 Å². The van der Waals surface area contributed by atoms with Crippen LogP contribution in [0.3, 0.4) is 0 Å². The number of amides is 2. The summed E-state index contributed by atoms with van der Waals surface area (Å²) in [6, 6.07) is 11.3. The van der Waals surface area contributed by atoms with Gasteiger partial charge in [-0.25, -0.2) is 8.78 Å². The molecule has 1 N–H and O–H groups in total. The third-order valence-electron chi connectivity index (χ3n) is 4.30. The van der Waals surface area contributed by atoms with Crippen molar-refractivity contribution < 1.29 is 18.4 Å². The lowest BCUT2D eigenvalue weighted by Crippen LogP contribution is -2.43. The van der Waals surface area contributed by atoms with E-state index in [-0.39, 0.29) is 24.0 Å². The lowest BCUT2D eigenvalue weighted by atomic mass is 9.96. The number of likely N-dealkylation sites (tertiary alicyclic amines) is 1. The minimum atomic E-state index is -0.495. The van der Waals surface area contributed by atoms with E-state index in [1.807, 2.05) is 0 Å². The standard InChI is InChI=1S/C19H18F2N2O2/c20-15-9-7-13(8-10-15)19(25)23-11-3-4-14(12-23)18(24)22-17-6-2-1-5-16(17)21/h1-2,5-10,14H,3-4,11-12H2,(H,22,24). The molecule has 1 unspecified atom stereocenters. The Morgan fingerprint density at radius 3 is 2.48 bits per heavy atom. The van der Waals surface area contributed by atoms with Crippen molar-refractivity contribution in [3.63, 3.8) is 0 Å². The molecule has 0 bridgehead atoms. The summed E-state index contributed by atoms with van der Waals surface area (Å²) >= 11 is 0. The first-order valence-corrected chi connectivity index (χ1v) is 8.15. The second-order valence-electron chi connectivity index (χ2n) is 6.07. The molecule has 1 atom stereocenters. The first kappa shape index (κ1) is 17.1. The van der Waals surface area contributed by atoms with Gasteiger partial charge < -0.3 is 10.2 Å². The average Bonchev–Trinajstić information content (AvgIpc) is 2.64. The molecule has 1 aliphatic heterocycles. The van der Waals surface area contributed by atoms with Gasteiger partial charge in [0.2, 0.25) is 5.91 Å². The van der Waals surface area contributed by atoms with Crippen LogP contribution in [0.2, 0.25) is 0 Å². The largest absolute Gasteiger partial charge is 0.338 e. The number of anilines is 1. The molecule has 0 aliphatic carbocycles. The van der Waals surface area contributed by atoms with Crippen LogP contribution in [0.25, 0.3) is 0 Å². The predicted molar refractivity (Wildman–Crippen MR) is 90.1 cm³/mol. The monoisotopic (exact) mass is 344 g/mol. The third kappa shape index (κ3) is 4.02. The van der Waals surface area contributed by atoms with E-state index in [0.29, 0.717) is 24.9 Å². The SMILES string of the molecule is O=C(Nc1ccccc1F)C1CCCN(C(=O)c2ccc(F)cc2)C1. The van der Waals surface area contributed by atoms with Gasteiger partial charge in [-0.15, -0.1) is 0 Å². The first-order chi connectivity index (χ1) is 12.0. The van der Waals surface area contributed by atoms with Gasteiger partial charge in [0.05, 0.1) is 11.6 Å². The van der Waals surface area contributed by atoms with Gasteiger partial charge in [-0.2, -0.15) is 0 Å². The molecule has 0 saturated carbocycles. The second kappa shape index (κ2) is 7.42. The molecule has 1 heterocycles. The molecule has 2 aromatic carbocycles. The maximum atomic E-state index is 13.7. The summed E-state index contributed by atoms with van der Waals surface area (Å²) < 4.78 is 26.7. The molecule has 2 amide bonds. The van der Waals surface area contributed by atoms with E-state index >= 15 is 0 Å². The van der Waals surface area contributed by atoms with Crippen molar-refractivity contribution in [2.75, 3.05) is 18.4 Å². The molecule has 0 aromatic heterocycles. The van der Waals surface area contributed by atoms with Crippen LogP contribution in [0.15, 0.2) is 48.5 Å². The number of carbonyl (C=O) groups is 2. The molecule has 1 aliphatic rings. The first-order valence-electron chi connectivity index (χ1n) is 8.15. The van der Waals surface area contributed by atoms with E-state index in [4.69, 9.17) is 0 Å². The number of benzene rings is 2. The summed E-state index contributed by atoms with van der Waals surface area (Å²) in [5.74, 6) is -1.84. The lowest BCUT2D eigenvalue weighted by Gasteiger charge is -2.32. The molecular formula is C19H18F2N2O2. The summed E-state index contributed by atoms with van der Waals surface area (Å²) in [5.41, 5.74) is 0.519. The predicted octanol–water partition coefficient (Wildman–Crippen LogP) is 3.46. The van der Waals surface area contributed by atoms with Gasteiger partial charge in [-0.3, -0.25) is 9.59 Å². The zero-order chi connectivity index (χ0) is 17.8. The van der Waals surface area contributed by atoms with Crippen molar-refractivity contribution in [1.29, 1.82) is 0 Å². The minimum Gasteiger partial charge on any atom is -0.338 e. The smallest absolute Gasteiger partial charge is 0.253 e. The highest BCUT2D eigenvalue weighted by molar-refractivity contribution is 5.96. The highest BCUT2D eigenvalue weighted by Crippen LogP contribution is 2.21. The number of nitrogens with one attached hydrogen (secondary N) is 1. The van der Waals surface area contributed by atoms with Crippen molar-refractivity contribution in [2.45, 2.75) is 12.8 Å². The van der Waals surface area contributed by atoms with Gasteiger partial charge in [-0.05, 0) is 49.2 Å². The summed E-state index contributed by atoms with van der Waals surface area (Å²) in [6.45, 7) is 0.802. The van der Waals surface area contributed by atoms with Gasteiger partial charge in [-0.1, -0.05) is 12.1 Å². The zero-order valence-corrected chi connectivity index (χ0v) is 13.5. The molecule has 4 nitrogen and oxygen atoms in total. The van der Waals surface area contributed by atoms with Gasteiger partial charge in [0, 0.05) is 18.7 Å². The molecule has 0 radical (unpaired) electrons. The van der Waals surface area contributed by atoms with Crippen LogP contribution in [-0.2, 0) is 4.79 Å². The molecule has 25 heavy (non-hydrogen) atoms. The summed E-state index contributed by atoms with van der Waals surface area (Å²) in [5, 5.41) is 2.59. The van der Waals surface area contributed by atoms with Gasteiger partial charge in [0.25, 0.3) is 5.91 Å². The Kier molecular flexibility index (Phi) is 5.07. The molecule has 0 spiro atoms. The van der Waals surface area contributed by atoms with Crippen LogP contribution in [0.1, 0.15) is 23.2 Å². The number of piperidine rings is 1. The Labute approximate surface area is 144 Å². The fourth-order valence-corrected chi connectivity index (χ4v) is 2.95. The number of halogens is 2. The summed E-state index contributed by atoms with van der Waals surface area (Å²) in [4.78, 5) is 26.5. The highest BCUT2D eigenvalue weighted by Gasteiger charge is 2.29. The van der Waals surface area contributed by atoms with E-state index in [9.17, 15) is 18.4 Å². The van der Waals surface area contributed by atoms with Gasteiger partial charge in [0.1, 0.15) is 11.6 Å². The van der Waals surface area contributed by atoms with Crippen LogP contribution in [0, 0.1) is 17.6 Å². The lowest BCUT2D eigenvalue weighted by molar-refractivity contribution is -0.121. The zero-order valence-electron chi connectivity index (χ0n) is 13.5. The fraction of sp³-hybridized carbons (Fsp3) is 0.263. The normalized spacial score (nSPS) is 17.2. The molecule has 6 heteroatoms. The Morgan fingerprint density at radius 2 is 1.76 bits per heavy atom. The van der Waals surface area contributed by atoms with Crippen molar-refractivity contribution in [3.05, 3.63) is 65.7 Å². The molecule has 1 fully saturated rings. The van der Waals surface area contributed by atoms with Crippen LogP contribution in [0.4, 0.5) is 14.5 Å². The van der Waals surface area contributed by atoms with Crippen molar-refractivity contribution in [1.82, 2.24) is 4.90 Å². The second-order valence-corrected chi connectivity index (χ2v) is 6.07. The quantitative estimate of drug-likeness (QED) is 0.927. The Morgan fingerprint density at radius 1 is 1.04 bits per heavy atom. The van der Waals surface area contributed by atoms with Gasteiger partial charge >= 0.3 is 0 Å². The Bertz CT molecular complexity index is 777. The van der Waals surface area contributed by atoms with E-state index in [1.54, 1.807) is 17.0 Å². The van der Waals surface area contributed by atoms with E-state index in [0.717, 1.165) is 0 Å². The highest BCUT2D eigenvalue weighted by atomic mass is 19.1. The number of rotatable bonds is 3. The van der Waals surface area contributed by atoms with Crippen molar-refractivity contribution in [2.24, 2.45) is 5.92 Å². The number of nitrogens with zero attached hydrogens (tertiary/aromatic N) is 1. The molecule has 1 saturated heterocycles. The summed E-state index contributed by atoms with van der Waals surface area (Å²) in [6.07, 6.45) is 1.32. The molecular weight excluding hydrogens is 326 g/mol. The van der Waals surface area contributed by atoms with Crippen LogP contribution in [-0.4, -0.2) is 29.8 Å². The molecule has 3 rings (SSSR count). The van der Waals surface area contributed by atoms with E-state index in [2.05, 4.69) is 5.32 Å². The third-order valence-corrected chi connectivity index (χ3v) is 4.30. The van der Waals surface area contributed by atoms with Crippen LogP contribution in [0.5, 0.6) is 0 Å². The van der Waals surface area contributed by atoms with Gasteiger partial charge in [0.15, 0.2) is 0 Å². The molecule has 2 aromatic rings. The van der Waals surface area contributed by atoms with Crippen LogP contribution < -0.4 is 5.32 Å². The Hall–Kier alpha value is -2.76. The Balaban J connectivity index is 1.66. The van der Waals surface area contributed by atoms with Crippen molar-refractivity contribution >= 4 is 17.5 Å². The van der Waals surface area contributed by atoms with E-state index < -0.39 is 17.6 Å². The molecule has 130 valence electrons. The maximum Gasteiger partial charge on any atom is 0.253 e.